The summed E-state index contributed by atoms with van der Waals surface area (Å²) < 4.78 is 0. The molecule has 0 aliphatic rings. The molecule has 2 aromatic rings. The molecule has 1 aromatic carbocycles. The zero-order valence-corrected chi connectivity index (χ0v) is 12.3. The number of amides is 1. The van der Waals surface area contributed by atoms with Crippen molar-refractivity contribution in [1.29, 1.82) is 0 Å². The molecule has 0 aliphatic heterocycles. The zero-order chi connectivity index (χ0) is 15.2. The second-order valence-electron chi connectivity index (χ2n) is 4.20. The van der Waals surface area contributed by atoms with Crippen LogP contribution in [0.1, 0.15) is 13.3 Å². The predicted molar refractivity (Wildman–Crippen MR) is 83.7 cm³/mol. The number of nitrogens with zero attached hydrogens (tertiary/aromatic N) is 3. The van der Waals surface area contributed by atoms with Crippen molar-refractivity contribution in [1.82, 2.24) is 15.0 Å². The number of hydrogen-bond donors (Lipinski definition) is 3. The zero-order valence-electron chi connectivity index (χ0n) is 11.5. The molecule has 0 aliphatic carbocycles. The number of benzene rings is 1. The van der Waals surface area contributed by atoms with Gasteiger partial charge in [-0.3, -0.25) is 4.79 Å². The molecule has 0 bridgehead atoms. The second-order valence-corrected chi connectivity index (χ2v) is 5.37. The summed E-state index contributed by atoms with van der Waals surface area (Å²) >= 11 is 1.21. The highest BCUT2D eigenvalue weighted by Gasteiger charge is 2.20. The monoisotopic (exact) mass is 304 g/mol. The van der Waals surface area contributed by atoms with Crippen LogP contribution in [0.2, 0.25) is 0 Å². The Balaban J connectivity index is 2.07. The molecule has 7 nitrogen and oxygen atoms in total. The lowest BCUT2D eigenvalue weighted by molar-refractivity contribution is -0.115. The Morgan fingerprint density at radius 3 is 2.38 bits per heavy atom. The van der Waals surface area contributed by atoms with Crippen LogP contribution in [0.25, 0.3) is 0 Å². The summed E-state index contributed by atoms with van der Waals surface area (Å²) in [7, 11) is 0. The number of carbonyl (C=O) groups is 1. The van der Waals surface area contributed by atoms with Crippen molar-refractivity contribution in [3.63, 3.8) is 0 Å². The van der Waals surface area contributed by atoms with Gasteiger partial charge in [-0.05, 0) is 18.6 Å². The van der Waals surface area contributed by atoms with Crippen LogP contribution in [0.5, 0.6) is 0 Å². The maximum Gasteiger partial charge on any atom is 0.237 e. The van der Waals surface area contributed by atoms with Gasteiger partial charge in [0, 0.05) is 5.69 Å². The Labute approximate surface area is 126 Å². The van der Waals surface area contributed by atoms with E-state index in [-0.39, 0.29) is 23.1 Å². The van der Waals surface area contributed by atoms with E-state index in [2.05, 4.69) is 20.3 Å². The molecule has 1 heterocycles. The lowest BCUT2D eigenvalue weighted by Crippen LogP contribution is -2.25. The van der Waals surface area contributed by atoms with Crippen LogP contribution in [-0.2, 0) is 4.79 Å². The van der Waals surface area contributed by atoms with E-state index in [1.54, 1.807) is 0 Å². The van der Waals surface area contributed by atoms with Crippen LogP contribution in [0.4, 0.5) is 17.6 Å². The molecule has 1 amide bonds. The number of carbonyl (C=O) groups excluding carboxylic acids is 1. The first-order chi connectivity index (χ1) is 10.1. The van der Waals surface area contributed by atoms with Crippen LogP contribution in [0, 0.1) is 0 Å². The highest BCUT2D eigenvalue weighted by atomic mass is 32.2. The van der Waals surface area contributed by atoms with E-state index in [4.69, 9.17) is 11.5 Å². The van der Waals surface area contributed by atoms with Crippen LogP contribution < -0.4 is 16.8 Å². The SMILES string of the molecule is CCC(Sc1nc(N)nc(N)n1)C(=O)Nc1ccccc1. The van der Waals surface area contributed by atoms with Gasteiger partial charge in [-0.15, -0.1) is 0 Å². The number of anilines is 3. The number of nitrogen functional groups attached to an aromatic ring is 2. The van der Waals surface area contributed by atoms with Crippen molar-refractivity contribution >= 4 is 35.3 Å². The Kier molecular flexibility index (Phi) is 4.94. The maximum absolute atomic E-state index is 12.3. The van der Waals surface area contributed by atoms with E-state index in [0.717, 1.165) is 5.69 Å². The van der Waals surface area contributed by atoms with E-state index in [0.29, 0.717) is 11.6 Å². The highest BCUT2D eigenvalue weighted by Crippen LogP contribution is 2.24. The standard InChI is InChI=1S/C13H16N6OS/c1-2-9(10(20)16-8-6-4-3-5-7-8)21-13-18-11(14)17-12(15)19-13/h3-7,9H,2H2,1H3,(H,16,20)(H4,14,15,17,18,19). The quantitative estimate of drug-likeness (QED) is 0.717. The molecular formula is C13H16N6OS. The Hall–Kier alpha value is -2.35. The molecule has 0 saturated carbocycles. The predicted octanol–water partition coefficient (Wildman–Crippen LogP) is 1.55. The third-order valence-corrected chi connectivity index (χ3v) is 3.83. The number of para-hydroxylation sites is 1. The topological polar surface area (TPSA) is 120 Å². The molecule has 1 aromatic heterocycles. The fourth-order valence-electron chi connectivity index (χ4n) is 1.63. The summed E-state index contributed by atoms with van der Waals surface area (Å²) in [6.07, 6.45) is 0.620. The van der Waals surface area contributed by atoms with Gasteiger partial charge in [-0.2, -0.15) is 15.0 Å². The summed E-state index contributed by atoms with van der Waals surface area (Å²) in [5, 5.41) is 2.85. The molecule has 1 unspecified atom stereocenters. The third-order valence-electron chi connectivity index (χ3n) is 2.60. The number of hydrogen-bond acceptors (Lipinski definition) is 7. The van der Waals surface area contributed by atoms with E-state index in [1.807, 2.05) is 37.3 Å². The van der Waals surface area contributed by atoms with Crippen molar-refractivity contribution in [2.24, 2.45) is 0 Å². The van der Waals surface area contributed by atoms with E-state index in [1.165, 1.54) is 11.8 Å². The first kappa shape index (κ1) is 15.0. The minimum Gasteiger partial charge on any atom is -0.368 e. The van der Waals surface area contributed by atoms with E-state index in [9.17, 15) is 4.79 Å². The van der Waals surface area contributed by atoms with Gasteiger partial charge < -0.3 is 16.8 Å². The van der Waals surface area contributed by atoms with Crippen molar-refractivity contribution in [3.05, 3.63) is 30.3 Å². The normalized spacial score (nSPS) is 11.9. The van der Waals surface area contributed by atoms with E-state index >= 15 is 0 Å². The molecule has 5 N–H and O–H groups in total. The molecule has 0 radical (unpaired) electrons. The maximum atomic E-state index is 12.3. The molecule has 8 heteroatoms. The van der Waals surface area contributed by atoms with Crippen LogP contribution in [0.3, 0.4) is 0 Å². The van der Waals surface area contributed by atoms with Gasteiger partial charge in [0.25, 0.3) is 0 Å². The molecule has 0 spiro atoms. The largest absolute Gasteiger partial charge is 0.368 e. The van der Waals surface area contributed by atoms with Gasteiger partial charge in [0.1, 0.15) is 0 Å². The number of rotatable bonds is 5. The van der Waals surface area contributed by atoms with Crippen molar-refractivity contribution in [2.45, 2.75) is 23.8 Å². The molecule has 0 saturated heterocycles. The fraction of sp³-hybridized carbons (Fsp3) is 0.231. The van der Waals surface area contributed by atoms with Crippen molar-refractivity contribution < 1.29 is 4.79 Å². The van der Waals surface area contributed by atoms with Crippen LogP contribution in [-0.4, -0.2) is 26.1 Å². The lowest BCUT2D eigenvalue weighted by atomic mass is 10.3. The number of nitrogens with one attached hydrogen (secondary N) is 1. The second kappa shape index (κ2) is 6.89. The van der Waals surface area contributed by atoms with Gasteiger partial charge in [0.15, 0.2) is 5.16 Å². The summed E-state index contributed by atoms with van der Waals surface area (Å²) in [4.78, 5) is 23.9. The Morgan fingerprint density at radius 1 is 1.19 bits per heavy atom. The summed E-state index contributed by atoms with van der Waals surface area (Å²) in [6, 6.07) is 9.26. The molecule has 0 fully saturated rings. The molecular weight excluding hydrogens is 288 g/mol. The van der Waals surface area contributed by atoms with Crippen molar-refractivity contribution in [2.75, 3.05) is 16.8 Å². The van der Waals surface area contributed by atoms with Gasteiger partial charge in [0.05, 0.1) is 5.25 Å². The summed E-state index contributed by atoms with van der Waals surface area (Å²) in [5.74, 6) is -0.0297. The smallest absolute Gasteiger partial charge is 0.237 e. The average molecular weight is 304 g/mol. The molecule has 1 atom stereocenters. The number of nitrogens with two attached hydrogens (primary N) is 2. The van der Waals surface area contributed by atoms with Gasteiger partial charge >= 0.3 is 0 Å². The first-order valence-corrected chi connectivity index (χ1v) is 7.26. The summed E-state index contributed by atoms with van der Waals surface area (Å²) in [5.41, 5.74) is 11.8. The minimum absolute atomic E-state index is 0.0447. The molecule has 21 heavy (non-hydrogen) atoms. The van der Waals surface area contributed by atoms with Crippen molar-refractivity contribution in [3.8, 4) is 0 Å². The fourth-order valence-corrected chi connectivity index (χ4v) is 2.51. The number of thioether (sulfide) groups is 1. The molecule has 110 valence electrons. The lowest BCUT2D eigenvalue weighted by Gasteiger charge is -2.13. The Morgan fingerprint density at radius 2 is 1.81 bits per heavy atom. The highest BCUT2D eigenvalue weighted by molar-refractivity contribution is 8.00. The van der Waals surface area contributed by atoms with Crippen LogP contribution in [0.15, 0.2) is 35.5 Å². The average Bonchev–Trinajstić information content (AvgIpc) is 2.44. The van der Waals surface area contributed by atoms with Gasteiger partial charge in [0.2, 0.25) is 17.8 Å². The third kappa shape index (κ3) is 4.32. The van der Waals surface area contributed by atoms with E-state index < -0.39 is 0 Å². The Bertz CT molecular complexity index is 601. The minimum atomic E-state index is -0.341. The summed E-state index contributed by atoms with van der Waals surface area (Å²) in [6.45, 7) is 1.91. The van der Waals surface area contributed by atoms with Crippen LogP contribution >= 0.6 is 11.8 Å². The number of aromatic nitrogens is 3. The molecule has 2 rings (SSSR count). The first-order valence-electron chi connectivity index (χ1n) is 6.38. The van der Waals surface area contributed by atoms with Gasteiger partial charge in [-0.25, -0.2) is 0 Å². The van der Waals surface area contributed by atoms with Gasteiger partial charge in [-0.1, -0.05) is 36.9 Å².